The van der Waals surface area contributed by atoms with Gasteiger partial charge in [0, 0.05) is 25.3 Å². The predicted octanol–water partition coefficient (Wildman–Crippen LogP) is 4.11. The number of rotatable bonds is 7. The lowest BCUT2D eigenvalue weighted by atomic mass is 10.1. The molecule has 2 aromatic rings. The molecule has 1 heterocycles. The second-order valence-corrected chi connectivity index (χ2v) is 6.97. The van der Waals surface area contributed by atoms with Gasteiger partial charge >= 0.3 is 0 Å². The zero-order valence-electron chi connectivity index (χ0n) is 15.2. The first-order valence-electron chi connectivity index (χ1n) is 9.56. The number of nitrogens with one attached hydrogen (secondary N) is 1. The number of carbonyl (C=O) groups excluding carboxylic acids is 1. The lowest BCUT2D eigenvalue weighted by Crippen LogP contribution is -2.29. The zero-order chi connectivity index (χ0) is 18.2. The third-order valence-electron chi connectivity index (χ3n) is 4.90. The molecule has 4 heteroatoms. The van der Waals surface area contributed by atoms with E-state index in [1.807, 2.05) is 0 Å². The van der Waals surface area contributed by atoms with Crippen molar-refractivity contribution in [2.45, 2.75) is 38.5 Å². The summed E-state index contributed by atoms with van der Waals surface area (Å²) in [5.74, 6) is -0.294. The monoisotopic (exact) mass is 354 g/mol. The van der Waals surface area contributed by atoms with Crippen molar-refractivity contribution in [2.24, 2.45) is 0 Å². The van der Waals surface area contributed by atoms with Crippen molar-refractivity contribution in [3.05, 3.63) is 65.5 Å². The summed E-state index contributed by atoms with van der Waals surface area (Å²) in [6, 6.07) is 14.9. The Balaban J connectivity index is 1.36. The SMILES string of the molecule is O=C(Cc1ccc(F)cc1)NCCCc1ccc(N2CCCCC2)cc1. The number of hydrogen-bond donors (Lipinski definition) is 1. The Morgan fingerprint density at radius 1 is 0.923 bits per heavy atom. The number of nitrogens with zero attached hydrogens (tertiary/aromatic N) is 1. The maximum atomic E-state index is 12.9. The summed E-state index contributed by atoms with van der Waals surface area (Å²) in [6.07, 6.45) is 6.10. The summed E-state index contributed by atoms with van der Waals surface area (Å²) in [5.41, 5.74) is 3.46. The Hall–Kier alpha value is -2.36. The first kappa shape index (κ1) is 18.4. The lowest BCUT2D eigenvalue weighted by molar-refractivity contribution is -0.120. The molecule has 2 aromatic carbocycles. The van der Waals surface area contributed by atoms with Gasteiger partial charge in [-0.15, -0.1) is 0 Å². The summed E-state index contributed by atoms with van der Waals surface area (Å²) in [6.45, 7) is 2.99. The summed E-state index contributed by atoms with van der Waals surface area (Å²) >= 11 is 0. The molecule has 3 rings (SSSR count). The molecule has 26 heavy (non-hydrogen) atoms. The normalized spacial score (nSPS) is 14.3. The van der Waals surface area contributed by atoms with Crippen LogP contribution >= 0.6 is 0 Å². The quantitative estimate of drug-likeness (QED) is 0.759. The van der Waals surface area contributed by atoms with Gasteiger partial charge in [-0.25, -0.2) is 4.39 Å². The van der Waals surface area contributed by atoms with Crippen LogP contribution in [0.5, 0.6) is 0 Å². The van der Waals surface area contributed by atoms with Crippen molar-refractivity contribution in [1.29, 1.82) is 0 Å². The Labute approximate surface area is 155 Å². The molecule has 0 radical (unpaired) electrons. The van der Waals surface area contributed by atoms with Crippen LogP contribution in [0.15, 0.2) is 48.5 Å². The molecule has 0 bridgehead atoms. The van der Waals surface area contributed by atoms with E-state index in [4.69, 9.17) is 0 Å². The Kier molecular flexibility index (Phi) is 6.64. The molecule has 1 aliphatic rings. The summed E-state index contributed by atoms with van der Waals surface area (Å²) in [4.78, 5) is 14.4. The van der Waals surface area contributed by atoms with Crippen molar-refractivity contribution in [1.82, 2.24) is 5.32 Å². The number of hydrogen-bond acceptors (Lipinski definition) is 2. The minimum Gasteiger partial charge on any atom is -0.372 e. The molecule has 0 atom stereocenters. The van der Waals surface area contributed by atoms with Crippen molar-refractivity contribution in [3.8, 4) is 0 Å². The second kappa shape index (κ2) is 9.37. The molecular weight excluding hydrogens is 327 g/mol. The fourth-order valence-electron chi connectivity index (χ4n) is 3.40. The maximum Gasteiger partial charge on any atom is 0.224 e. The predicted molar refractivity (Wildman–Crippen MR) is 104 cm³/mol. The molecule has 1 aliphatic heterocycles. The van der Waals surface area contributed by atoms with Gasteiger partial charge in [0.2, 0.25) is 5.91 Å². The van der Waals surface area contributed by atoms with E-state index in [0.29, 0.717) is 13.0 Å². The first-order chi connectivity index (χ1) is 12.7. The van der Waals surface area contributed by atoms with E-state index in [1.54, 1.807) is 12.1 Å². The lowest BCUT2D eigenvalue weighted by Gasteiger charge is -2.28. The highest BCUT2D eigenvalue weighted by molar-refractivity contribution is 5.78. The van der Waals surface area contributed by atoms with Crippen LogP contribution in [0.4, 0.5) is 10.1 Å². The Bertz CT molecular complexity index is 691. The van der Waals surface area contributed by atoms with Gasteiger partial charge in [-0.05, 0) is 67.5 Å². The van der Waals surface area contributed by atoms with Crippen LogP contribution in [0, 0.1) is 5.82 Å². The van der Waals surface area contributed by atoms with E-state index in [-0.39, 0.29) is 11.7 Å². The first-order valence-corrected chi connectivity index (χ1v) is 9.56. The van der Waals surface area contributed by atoms with Gasteiger partial charge < -0.3 is 10.2 Å². The largest absolute Gasteiger partial charge is 0.372 e. The van der Waals surface area contributed by atoms with E-state index in [1.165, 1.54) is 55.7 Å². The molecule has 1 amide bonds. The fourth-order valence-corrected chi connectivity index (χ4v) is 3.40. The van der Waals surface area contributed by atoms with Gasteiger partial charge in [-0.2, -0.15) is 0 Å². The van der Waals surface area contributed by atoms with E-state index in [9.17, 15) is 9.18 Å². The number of piperidine rings is 1. The summed E-state index contributed by atoms with van der Waals surface area (Å²) < 4.78 is 12.9. The van der Waals surface area contributed by atoms with Gasteiger partial charge in [-0.1, -0.05) is 24.3 Å². The topological polar surface area (TPSA) is 32.3 Å². The smallest absolute Gasteiger partial charge is 0.224 e. The molecule has 0 aliphatic carbocycles. The number of anilines is 1. The van der Waals surface area contributed by atoms with Crippen molar-refractivity contribution < 1.29 is 9.18 Å². The standard InChI is InChI=1S/C22H27FN2O/c23-20-10-6-19(7-11-20)17-22(26)24-14-4-5-18-8-12-21(13-9-18)25-15-2-1-3-16-25/h6-13H,1-5,14-17H2,(H,24,26). The van der Waals surface area contributed by atoms with Crippen LogP contribution in [0.1, 0.15) is 36.8 Å². The van der Waals surface area contributed by atoms with Gasteiger partial charge in [0.1, 0.15) is 5.82 Å². The summed E-state index contributed by atoms with van der Waals surface area (Å²) in [5, 5.41) is 2.94. The zero-order valence-corrected chi connectivity index (χ0v) is 15.2. The molecule has 0 saturated carbocycles. The average Bonchev–Trinajstić information content (AvgIpc) is 2.68. The second-order valence-electron chi connectivity index (χ2n) is 6.97. The Morgan fingerprint density at radius 3 is 2.27 bits per heavy atom. The van der Waals surface area contributed by atoms with E-state index in [0.717, 1.165) is 18.4 Å². The van der Waals surface area contributed by atoms with Crippen molar-refractivity contribution in [2.75, 3.05) is 24.5 Å². The van der Waals surface area contributed by atoms with Gasteiger partial charge in [-0.3, -0.25) is 4.79 Å². The van der Waals surface area contributed by atoms with E-state index in [2.05, 4.69) is 34.5 Å². The van der Waals surface area contributed by atoms with Crippen LogP contribution in [-0.2, 0) is 17.6 Å². The molecular formula is C22H27FN2O. The highest BCUT2D eigenvalue weighted by Crippen LogP contribution is 2.20. The van der Waals surface area contributed by atoms with E-state index >= 15 is 0 Å². The number of carbonyl (C=O) groups is 1. The number of aryl methyl sites for hydroxylation is 1. The number of halogens is 1. The maximum absolute atomic E-state index is 12.9. The number of amides is 1. The van der Waals surface area contributed by atoms with Gasteiger partial charge in [0.05, 0.1) is 6.42 Å². The van der Waals surface area contributed by atoms with E-state index < -0.39 is 0 Å². The highest BCUT2D eigenvalue weighted by Gasteiger charge is 2.10. The molecule has 1 fully saturated rings. The van der Waals surface area contributed by atoms with Gasteiger partial charge in [0.15, 0.2) is 0 Å². The van der Waals surface area contributed by atoms with Crippen LogP contribution in [0.2, 0.25) is 0 Å². The fraction of sp³-hybridized carbons (Fsp3) is 0.409. The minimum atomic E-state index is -0.277. The van der Waals surface area contributed by atoms with Crippen LogP contribution in [0.3, 0.4) is 0 Å². The number of benzene rings is 2. The highest BCUT2D eigenvalue weighted by atomic mass is 19.1. The molecule has 0 unspecified atom stereocenters. The minimum absolute atomic E-state index is 0.0166. The molecule has 1 N–H and O–H groups in total. The Morgan fingerprint density at radius 2 is 1.58 bits per heavy atom. The molecule has 3 nitrogen and oxygen atoms in total. The third-order valence-corrected chi connectivity index (χ3v) is 4.90. The third kappa shape index (κ3) is 5.58. The summed E-state index contributed by atoms with van der Waals surface area (Å²) in [7, 11) is 0. The molecule has 0 aromatic heterocycles. The van der Waals surface area contributed by atoms with Crippen molar-refractivity contribution in [3.63, 3.8) is 0 Å². The van der Waals surface area contributed by atoms with Gasteiger partial charge in [0.25, 0.3) is 0 Å². The van der Waals surface area contributed by atoms with Crippen LogP contribution < -0.4 is 10.2 Å². The average molecular weight is 354 g/mol. The van der Waals surface area contributed by atoms with Crippen molar-refractivity contribution >= 4 is 11.6 Å². The van der Waals surface area contributed by atoms with Crippen LogP contribution in [0.25, 0.3) is 0 Å². The molecule has 138 valence electrons. The molecule has 1 saturated heterocycles. The molecule has 0 spiro atoms. The van der Waals surface area contributed by atoms with Crippen LogP contribution in [-0.4, -0.2) is 25.5 Å².